The smallest absolute Gasteiger partial charge is 0.259 e. The Bertz CT molecular complexity index is 3250. The minimum absolute atomic E-state index is 0. The third kappa shape index (κ3) is 54.7. The molecule has 8 rings (SSSR count). The van der Waals surface area contributed by atoms with E-state index in [1.54, 1.807) is 0 Å². The van der Waals surface area contributed by atoms with E-state index in [1.807, 2.05) is 97.1 Å². The lowest BCUT2D eigenvalue weighted by molar-refractivity contribution is 0.329. The Balaban J connectivity index is -0.0000000630. The van der Waals surface area contributed by atoms with Gasteiger partial charge in [-0.25, -0.2) is 0 Å². The average molecular weight is 1870 g/mol. The van der Waals surface area contributed by atoms with Gasteiger partial charge in [-0.2, -0.15) is 0 Å². The number of hydrogen-bond acceptors (Lipinski definition) is 17. The first-order chi connectivity index (χ1) is 46.3. The highest BCUT2D eigenvalue weighted by Gasteiger charge is 2.49. The Labute approximate surface area is 766 Å². The molecule has 8 aromatic carbocycles. The van der Waals surface area contributed by atoms with Gasteiger partial charge in [0.15, 0.2) is 33.3 Å². The molecule has 0 bridgehead atoms. The Morgan fingerprint density at radius 3 is 0.537 bits per heavy atom. The van der Waals surface area contributed by atoms with Crippen LogP contribution < -0.4 is 97.9 Å². The summed E-state index contributed by atoms with van der Waals surface area (Å²) in [6, 6.07) is 72.9. The Morgan fingerprint density at radius 2 is 0.364 bits per heavy atom. The molecule has 17 nitrogen and oxygen atoms in total. The number of benzene rings is 8. The zero-order valence-electron chi connectivity index (χ0n) is 62.1. The number of hydrogen-bond donors (Lipinski definition) is 10. The van der Waals surface area contributed by atoms with Gasteiger partial charge < -0.3 is 87.4 Å². The van der Waals surface area contributed by atoms with Crippen molar-refractivity contribution < 1.29 is 30.0 Å². The predicted octanol–water partition coefficient (Wildman–Crippen LogP) is 22.5. The van der Waals surface area contributed by atoms with Crippen LogP contribution in [0.2, 0.25) is 105 Å². The third-order valence-corrected chi connectivity index (χ3v) is 51.6. The summed E-state index contributed by atoms with van der Waals surface area (Å²) >= 11 is 0. The van der Waals surface area contributed by atoms with Crippen LogP contribution in [-0.4, -0.2) is 133 Å². The van der Waals surface area contributed by atoms with Crippen LogP contribution in [0.3, 0.4) is 0 Å². The Morgan fingerprint density at radius 1 is 0.190 bits per heavy atom. The van der Waals surface area contributed by atoms with E-state index in [0.717, 1.165) is 34.2 Å². The minimum atomic E-state index is -2.78. The summed E-state index contributed by atoms with van der Waals surface area (Å²) in [6.07, 6.45) is 4.80. The molecular formula is C94H208N10O7Si10. The van der Waals surface area contributed by atoms with Crippen molar-refractivity contribution in [2.75, 3.05) is 72.4 Å². The van der Waals surface area contributed by atoms with Gasteiger partial charge in [0, 0.05) is 59.8 Å². The molecule has 27 heteroatoms. The molecule has 0 radical (unpaired) electrons. The summed E-state index contributed by atoms with van der Waals surface area (Å²) in [5.74, 6) is 1.63. The number of ether oxygens (including phenoxy) is 2. The molecule has 0 unspecified atom stereocenters. The zero-order valence-corrected chi connectivity index (χ0v) is 72.1. The zero-order chi connectivity index (χ0) is 74.0. The van der Waals surface area contributed by atoms with Crippen LogP contribution in [0.1, 0.15) is 163 Å². The van der Waals surface area contributed by atoms with Crippen molar-refractivity contribution >= 4 is 137 Å². The van der Waals surface area contributed by atoms with Crippen LogP contribution in [0.4, 0.5) is 22.7 Å². The standard InChI is InChI=1S/C26H28N2OSi2.C18H28N2O3Si2.C16H24N2OSi2.2C6H20N2OSi2.22CH4/c27-21-30(23-13-5-1-6-14-23,24-15-7-2-8-16-24)29-31(22-28,25-17-9-3-10-18-25)26-19-11-4-12-20-26;1-24(2,13-21-17-9-5-15(19)6-10-17)23-25(3,4)14-22-18-11-7-16(20)8-12-18;1-20(2,15-9-5-13(17)6-10-15)19-21(3,4)16-11-7-14(18)8-12-16;2*1-10(2,5-7)9-11(3,4)6-8;;;;;;;;;;;;;;;;;;;;;;/h1-20H,21-22,27-28H2;5-12H,13-14,19-20H2,1-4H3;5-12H,17-18H2,1-4H3;2*5-8H2,1-4H3;22*1H4. The normalized spacial score (nSPS) is 10.2. The first kappa shape index (κ1) is 162. The van der Waals surface area contributed by atoms with E-state index in [4.69, 9.17) is 87.4 Å². The number of nitrogen functional groups attached to an aromatic ring is 4. The largest absolute Gasteiger partial charge is 0.494 e. The molecule has 0 heterocycles. The lowest BCUT2D eigenvalue weighted by Gasteiger charge is -2.42. The Kier molecular flexibility index (Phi) is 98.6. The van der Waals surface area contributed by atoms with E-state index < -0.39 is 83.2 Å². The van der Waals surface area contributed by atoms with Gasteiger partial charge in [0.05, 0.1) is 0 Å². The van der Waals surface area contributed by atoms with E-state index >= 15 is 0 Å². The number of nitrogens with two attached hydrogens (primary N) is 10. The summed E-state index contributed by atoms with van der Waals surface area (Å²) < 4.78 is 44.4. The molecule has 0 fully saturated rings. The summed E-state index contributed by atoms with van der Waals surface area (Å²) in [4.78, 5) is 0. The van der Waals surface area contributed by atoms with E-state index in [0.29, 0.717) is 49.5 Å². The fourth-order valence-corrected chi connectivity index (χ4v) is 49.1. The van der Waals surface area contributed by atoms with Crippen LogP contribution in [0, 0.1) is 0 Å². The van der Waals surface area contributed by atoms with E-state index in [-0.39, 0.29) is 163 Å². The van der Waals surface area contributed by atoms with Crippen LogP contribution in [0.5, 0.6) is 11.5 Å². The highest BCUT2D eigenvalue weighted by Crippen LogP contribution is 2.23. The number of rotatable bonds is 28. The second kappa shape index (κ2) is 73.5. The second-order valence-electron chi connectivity index (χ2n) is 29.4. The molecule has 121 heavy (non-hydrogen) atoms. The highest BCUT2D eigenvalue weighted by atomic mass is 28.4. The van der Waals surface area contributed by atoms with E-state index in [2.05, 4.69) is 226 Å². The van der Waals surface area contributed by atoms with E-state index in [9.17, 15) is 0 Å². The lowest BCUT2D eigenvalue weighted by atomic mass is 10.3. The van der Waals surface area contributed by atoms with Crippen LogP contribution >= 0.6 is 0 Å². The second-order valence-corrected chi connectivity index (χ2v) is 70.4. The summed E-state index contributed by atoms with van der Waals surface area (Å²) in [5, 5.41) is 7.21. The fourth-order valence-electron chi connectivity index (χ4n) is 10.9. The van der Waals surface area contributed by atoms with Crippen molar-refractivity contribution in [2.24, 2.45) is 34.4 Å². The molecule has 0 aromatic heterocycles. The molecule has 0 aliphatic rings. The molecule has 0 atom stereocenters. The minimum Gasteiger partial charge on any atom is -0.494 e. The first-order valence-electron chi connectivity index (χ1n) is 33.9. The molecule has 0 spiro atoms. The van der Waals surface area contributed by atoms with Gasteiger partial charge in [-0.1, -0.05) is 309 Å². The number of anilines is 4. The average Bonchev–Trinajstić information content (AvgIpc) is 0.743. The highest BCUT2D eigenvalue weighted by molar-refractivity contribution is 7.09. The van der Waals surface area contributed by atoms with Gasteiger partial charge in [0.25, 0.3) is 16.6 Å². The molecular weight excluding hydrogens is 1660 g/mol. The van der Waals surface area contributed by atoms with Crippen molar-refractivity contribution in [3.05, 3.63) is 218 Å². The topological polar surface area (TPSA) is 325 Å². The summed E-state index contributed by atoms with van der Waals surface area (Å²) in [7, 11) is -19.7. The molecule has 0 saturated carbocycles. The Hall–Kier alpha value is -5.71. The van der Waals surface area contributed by atoms with Crippen molar-refractivity contribution in [3.63, 3.8) is 0 Å². The SMILES string of the molecule is C.C.C.C.C.C.C.C.C.C.C.C.C.C.C.C.C.C.C.C.C.C.C[Si](C)(CN)O[Si](C)(C)CN.C[Si](C)(CN)O[Si](C)(C)CN.C[Si](C)(COc1ccc(N)cc1)O[Si](C)(C)COc1ccc(N)cc1.C[Si](C)(O[Si](C)(C)c1ccc(N)cc1)c1ccc(N)cc1.NC[Si](O[Si](CN)(c1ccccc1)c1ccccc1)(c1ccccc1)c1ccccc1. The monoisotopic (exact) mass is 1870 g/mol. The van der Waals surface area contributed by atoms with Gasteiger partial charge in [0.2, 0.25) is 33.3 Å². The molecule has 8 aromatic rings. The lowest BCUT2D eigenvalue weighted by Crippen LogP contribution is -2.77. The predicted molar refractivity (Wildman–Crippen MR) is 597 cm³/mol. The van der Waals surface area contributed by atoms with Crippen molar-refractivity contribution in [1.82, 2.24) is 0 Å². The summed E-state index contributed by atoms with van der Waals surface area (Å²) in [6.45, 7) is 34.7. The van der Waals surface area contributed by atoms with Gasteiger partial charge in [-0.3, -0.25) is 0 Å². The van der Waals surface area contributed by atoms with Crippen LogP contribution in [-0.2, 0) is 20.6 Å². The molecule has 0 aliphatic carbocycles. The molecule has 716 valence electrons. The van der Waals surface area contributed by atoms with Crippen LogP contribution in [0.15, 0.2) is 218 Å². The molecule has 0 saturated heterocycles. The van der Waals surface area contributed by atoms with Gasteiger partial charge in [-0.15, -0.1) is 0 Å². The van der Waals surface area contributed by atoms with Gasteiger partial charge in [-0.05, 0) is 209 Å². The fraction of sp³-hybridized carbons (Fsp3) is 0.489. The third-order valence-electron chi connectivity index (χ3n) is 16.2. The maximum Gasteiger partial charge on any atom is 0.259 e. The van der Waals surface area contributed by atoms with Crippen molar-refractivity contribution in [1.29, 1.82) is 0 Å². The molecule has 0 aliphatic heterocycles. The quantitative estimate of drug-likeness (QED) is 0.0161. The maximum atomic E-state index is 7.50. The molecule has 0 amide bonds. The van der Waals surface area contributed by atoms with E-state index in [1.165, 1.54) is 31.1 Å². The van der Waals surface area contributed by atoms with Gasteiger partial charge in [0.1, 0.15) is 24.0 Å². The van der Waals surface area contributed by atoms with Crippen molar-refractivity contribution in [2.45, 2.75) is 268 Å². The maximum absolute atomic E-state index is 7.50. The first-order valence-corrected chi connectivity index (χ1v) is 62.6. The van der Waals surface area contributed by atoms with Crippen LogP contribution in [0.25, 0.3) is 0 Å². The molecule has 20 N–H and O–H groups in total. The summed E-state index contributed by atoms with van der Waals surface area (Å²) in [5.41, 5.74) is 61.5. The van der Waals surface area contributed by atoms with Crippen molar-refractivity contribution in [3.8, 4) is 11.5 Å². The van der Waals surface area contributed by atoms with Gasteiger partial charge >= 0.3 is 0 Å².